The number of benzene rings is 1. The summed E-state index contributed by atoms with van der Waals surface area (Å²) in [5.74, 6) is 1.50. The number of fused-ring (bicyclic) bond motifs is 1. The van der Waals surface area contributed by atoms with E-state index < -0.39 is 0 Å². The minimum atomic E-state index is -0.153. The molecule has 80 valence electrons. The van der Waals surface area contributed by atoms with Crippen LogP contribution in [0.3, 0.4) is 0 Å². The minimum absolute atomic E-state index is 0.153. The quantitative estimate of drug-likeness (QED) is 0.685. The molecule has 0 unspecified atom stereocenters. The van der Waals surface area contributed by atoms with Gasteiger partial charge in [0.1, 0.15) is 17.7 Å². The van der Waals surface area contributed by atoms with E-state index in [1.54, 1.807) is 12.1 Å². The Labute approximate surface area is 89.3 Å². The van der Waals surface area contributed by atoms with E-state index in [9.17, 15) is 4.39 Å². The van der Waals surface area contributed by atoms with Crippen LogP contribution in [-0.2, 0) is 6.42 Å². The standard InChI is InChI=1S/C13H15FO/c14-11-5-7-13-10(8-11)4-6-12(15-13)9-2-1-3-9/h5,7-9,12H,1-4,6H2/t12-/m1/s1. The predicted octanol–water partition coefficient (Wildman–Crippen LogP) is 3.32. The van der Waals surface area contributed by atoms with Gasteiger partial charge in [-0.05, 0) is 55.4 Å². The molecule has 0 aromatic heterocycles. The molecule has 1 nitrogen and oxygen atoms in total. The summed E-state index contributed by atoms with van der Waals surface area (Å²) in [4.78, 5) is 0. The second kappa shape index (κ2) is 3.51. The Morgan fingerprint density at radius 1 is 1.20 bits per heavy atom. The molecule has 1 aromatic carbocycles. The Bertz CT molecular complexity index is 371. The van der Waals surface area contributed by atoms with E-state index in [0.29, 0.717) is 6.10 Å². The highest BCUT2D eigenvalue weighted by Gasteiger charge is 2.31. The minimum Gasteiger partial charge on any atom is -0.490 e. The molecule has 3 rings (SSSR count). The molecule has 0 spiro atoms. The summed E-state index contributed by atoms with van der Waals surface area (Å²) in [5, 5.41) is 0. The van der Waals surface area contributed by atoms with Gasteiger partial charge in [0.25, 0.3) is 0 Å². The number of rotatable bonds is 1. The molecule has 1 aliphatic heterocycles. The molecule has 1 atom stereocenters. The summed E-state index contributed by atoms with van der Waals surface area (Å²) in [6.07, 6.45) is 6.37. The summed E-state index contributed by atoms with van der Waals surface area (Å²) in [5.41, 5.74) is 1.03. The van der Waals surface area contributed by atoms with Gasteiger partial charge in [-0.2, -0.15) is 0 Å². The second-order valence-corrected chi connectivity index (χ2v) is 4.64. The average Bonchev–Trinajstić information content (AvgIpc) is 2.15. The summed E-state index contributed by atoms with van der Waals surface area (Å²) in [6, 6.07) is 4.86. The molecule has 0 radical (unpaired) electrons. The van der Waals surface area contributed by atoms with Crippen LogP contribution in [0.1, 0.15) is 31.2 Å². The number of hydrogen-bond donors (Lipinski definition) is 0. The zero-order chi connectivity index (χ0) is 10.3. The number of hydrogen-bond acceptors (Lipinski definition) is 1. The molecule has 1 heterocycles. The molecule has 2 aliphatic rings. The summed E-state index contributed by atoms with van der Waals surface area (Å²) in [7, 11) is 0. The first-order valence-electron chi connectivity index (χ1n) is 5.78. The van der Waals surface area contributed by atoms with Crippen molar-refractivity contribution >= 4 is 0 Å². The van der Waals surface area contributed by atoms with Crippen molar-refractivity contribution in [3.8, 4) is 5.75 Å². The van der Waals surface area contributed by atoms with Gasteiger partial charge in [0.2, 0.25) is 0 Å². The highest BCUT2D eigenvalue weighted by molar-refractivity contribution is 5.35. The van der Waals surface area contributed by atoms with E-state index in [2.05, 4.69) is 0 Å². The van der Waals surface area contributed by atoms with Crippen LogP contribution in [0.4, 0.5) is 4.39 Å². The molecule has 1 saturated carbocycles. The smallest absolute Gasteiger partial charge is 0.123 e. The number of halogens is 1. The highest BCUT2D eigenvalue weighted by atomic mass is 19.1. The third-order valence-corrected chi connectivity index (χ3v) is 3.67. The SMILES string of the molecule is Fc1ccc2c(c1)CC[C@H](C1CCC1)O2. The van der Waals surface area contributed by atoms with Gasteiger partial charge in [0.05, 0.1) is 0 Å². The van der Waals surface area contributed by atoms with Crippen LogP contribution < -0.4 is 4.74 Å². The molecular formula is C13H15FO. The van der Waals surface area contributed by atoms with Gasteiger partial charge in [-0.25, -0.2) is 4.39 Å². The summed E-state index contributed by atoms with van der Waals surface area (Å²) >= 11 is 0. The van der Waals surface area contributed by atoms with Crippen molar-refractivity contribution in [2.75, 3.05) is 0 Å². The number of ether oxygens (including phenoxy) is 1. The fourth-order valence-electron chi connectivity index (χ4n) is 2.52. The van der Waals surface area contributed by atoms with Crippen molar-refractivity contribution in [1.29, 1.82) is 0 Å². The lowest BCUT2D eigenvalue weighted by Crippen LogP contribution is -2.34. The molecule has 2 heteroatoms. The molecular weight excluding hydrogens is 191 g/mol. The van der Waals surface area contributed by atoms with E-state index >= 15 is 0 Å². The van der Waals surface area contributed by atoms with E-state index in [0.717, 1.165) is 30.1 Å². The molecule has 0 N–H and O–H groups in total. The third kappa shape index (κ3) is 1.62. The predicted molar refractivity (Wildman–Crippen MR) is 56.5 cm³/mol. The Morgan fingerprint density at radius 3 is 2.80 bits per heavy atom. The molecule has 1 aliphatic carbocycles. The third-order valence-electron chi connectivity index (χ3n) is 3.67. The fraction of sp³-hybridized carbons (Fsp3) is 0.538. The first-order valence-corrected chi connectivity index (χ1v) is 5.78. The van der Waals surface area contributed by atoms with Crippen molar-refractivity contribution in [2.45, 2.75) is 38.2 Å². The van der Waals surface area contributed by atoms with Crippen LogP contribution in [0.25, 0.3) is 0 Å². The molecule has 1 aromatic rings. The van der Waals surface area contributed by atoms with Crippen LogP contribution in [-0.4, -0.2) is 6.10 Å². The largest absolute Gasteiger partial charge is 0.490 e. The summed E-state index contributed by atoms with van der Waals surface area (Å²) < 4.78 is 18.9. The zero-order valence-electron chi connectivity index (χ0n) is 8.71. The Hall–Kier alpha value is -1.05. The van der Waals surface area contributed by atoms with E-state index in [1.165, 1.54) is 25.3 Å². The van der Waals surface area contributed by atoms with Gasteiger partial charge in [0.15, 0.2) is 0 Å². The van der Waals surface area contributed by atoms with Gasteiger partial charge in [-0.15, -0.1) is 0 Å². The Kier molecular flexibility index (Phi) is 2.15. The van der Waals surface area contributed by atoms with Crippen LogP contribution >= 0.6 is 0 Å². The van der Waals surface area contributed by atoms with Crippen molar-refractivity contribution < 1.29 is 9.13 Å². The van der Waals surface area contributed by atoms with Crippen molar-refractivity contribution in [1.82, 2.24) is 0 Å². The average molecular weight is 206 g/mol. The maximum absolute atomic E-state index is 13.0. The molecule has 15 heavy (non-hydrogen) atoms. The Morgan fingerprint density at radius 2 is 2.07 bits per heavy atom. The lowest BCUT2D eigenvalue weighted by Gasteiger charge is -2.37. The van der Waals surface area contributed by atoms with Crippen LogP contribution in [0.15, 0.2) is 18.2 Å². The van der Waals surface area contributed by atoms with Crippen LogP contribution in [0.2, 0.25) is 0 Å². The van der Waals surface area contributed by atoms with E-state index in [1.807, 2.05) is 0 Å². The van der Waals surface area contributed by atoms with E-state index in [-0.39, 0.29) is 5.82 Å². The van der Waals surface area contributed by atoms with Crippen LogP contribution in [0, 0.1) is 11.7 Å². The Balaban J connectivity index is 1.80. The van der Waals surface area contributed by atoms with Gasteiger partial charge in [0, 0.05) is 0 Å². The normalized spacial score (nSPS) is 25.3. The second-order valence-electron chi connectivity index (χ2n) is 4.64. The van der Waals surface area contributed by atoms with Crippen molar-refractivity contribution in [2.24, 2.45) is 5.92 Å². The maximum atomic E-state index is 13.0. The molecule has 0 bridgehead atoms. The number of aryl methyl sites for hydroxylation is 1. The maximum Gasteiger partial charge on any atom is 0.123 e. The van der Waals surface area contributed by atoms with Gasteiger partial charge in [-0.3, -0.25) is 0 Å². The summed E-state index contributed by atoms with van der Waals surface area (Å²) in [6.45, 7) is 0. The topological polar surface area (TPSA) is 9.23 Å². The van der Waals surface area contributed by atoms with Gasteiger partial charge in [-0.1, -0.05) is 6.42 Å². The van der Waals surface area contributed by atoms with Crippen LogP contribution in [0.5, 0.6) is 5.75 Å². The zero-order valence-corrected chi connectivity index (χ0v) is 8.71. The highest BCUT2D eigenvalue weighted by Crippen LogP contribution is 2.38. The lowest BCUT2D eigenvalue weighted by atomic mass is 9.78. The monoisotopic (exact) mass is 206 g/mol. The van der Waals surface area contributed by atoms with Gasteiger partial charge < -0.3 is 4.74 Å². The molecule has 0 saturated heterocycles. The first kappa shape index (κ1) is 9.20. The molecule has 0 amide bonds. The van der Waals surface area contributed by atoms with E-state index in [4.69, 9.17) is 4.74 Å². The van der Waals surface area contributed by atoms with Crippen molar-refractivity contribution in [3.63, 3.8) is 0 Å². The molecule has 1 fully saturated rings. The first-order chi connectivity index (χ1) is 7.33. The van der Waals surface area contributed by atoms with Gasteiger partial charge >= 0.3 is 0 Å². The lowest BCUT2D eigenvalue weighted by molar-refractivity contribution is 0.0663. The fourth-order valence-corrected chi connectivity index (χ4v) is 2.52. The van der Waals surface area contributed by atoms with Crippen molar-refractivity contribution in [3.05, 3.63) is 29.6 Å².